The van der Waals surface area contributed by atoms with E-state index in [1.165, 1.54) is 14.7 Å². The number of halogens is 3. The number of ether oxygens (including phenoxy) is 3. The summed E-state index contributed by atoms with van der Waals surface area (Å²) in [5.74, 6) is -5.46. The number of hydrogen-bond acceptors (Lipinski definition) is 27. The Bertz CT molecular complexity index is 4640. The SMILES string of the molecule is C[C@@H]1CN2c3c(cc4c(N5CCSC5=O)noc4c3F)CC3(C(=O)NC(=O)NC3=O)[C@H]2[C@H](C)O1.C[C@@H]1CN2c3c(cc4c(N5C[C@@H](C)SC5=O)noc4c3F)CC3(C(=O)NC(=O)NC3=O)[C@H]2[C@H](C)O1.C[C@@H]1CN2c3c(cc4c(N5C[C@H](C)SC5=O)noc4c3F)CC3(C(=O)NC(=O)NC3=O)[C@H]2[C@H](C)O1. The Morgan fingerprint density at radius 3 is 0.962 bits per heavy atom. The first-order chi connectivity index (χ1) is 49.4. The molecule has 12 aliphatic rings. The van der Waals surface area contributed by atoms with E-state index in [4.69, 9.17) is 27.8 Å². The minimum atomic E-state index is -1.73. The third-order valence-corrected chi connectivity index (χ3v) is 24.1. The van der Waals surface area contributed by atoms with E-state index in [0.29, 0.717) is 42.1 Å². The standard InChI is InChI=1S/2C22H22FN5O6S.C21H20FN5O6S/c2*1-8-6-27-14-11(5-22(16(27)10(3)33-8)18(29)24-20(31)25-19(22)30)4-12-15(13(14)23)34-26-17(12)28-7-9(2)35-21(28)32;1-8-7-27-13-10(5-11-14(12(13)22)33-25-16(11)26-3-4-34-20(26)31)6-21(15(27)9(2)32-8)17(28)23-19(30)24-18(21)29/h2*4,8-10,16H,5-7H2,1-3H3,(H2,24,25,29,30,31);5,8-9,15H,3-4,6-7H2,1-2H3,(H2,23,24,28,29,30)/t8-,9+,10+,16-;8-,9-,10+,16-;8-,9+,15-/m111/s1. The van der Waals surface area contributed by atoms with Gasteiger partial charge in [0.05, 0.1) is 88.0 Å². The summed E-state index contributed by atoms with van der Waals surface area (Å²) in [4.78, 5) is 162. The molecule has 104 heavy (non-hydrogen) atoms. The van der Waals surface area contributed by atoms with E-state index in [9.17, 15) is 57.5 Å². The van der Waals surface area contributed by atoms with Gasteiger partial charge in [-0.3, -0.25) is 89.8 Å². The molecule has 39 heteroatoms. The van der Waals surface area contributed by atoms with Crippen molar-refractivity contribution in [3.05, 3.63) is 52.3 Å². The van der Waals surface area contributed by atoms with E-state index in [-0.39, 0.29) is 151 Å². The van der Waals surface area contributed by atoms with Crippen molar-refractivity contribution >= 4 is 172 Å². The molecule has 0 radical (unpaired) electrons. The van der Waals surface area contributed by atoms with Gasteiger partial charge in [-0.15, -0.1) is 0 Å². The van der Waals surface area contributed by atoms with E-state index in [2.05, 4.69) is 47.4 Å². The second-order valence-corrected chi connectivity index (χ2v) is 31.8. The van der Waals surface area contributed by atoms with Crippen molar-refractivity contribution in [2.24, 2.45) is 16.2 Å². The summed E-state index contributed by atoms with van der Waals surface area (Å²) in [6, 6.07) is -0.433. The Balaban J connectivity index is 0.000000120. The molecule has 546 valence electrons. The highest BCUT2D eigenvalue weighted by molar-refractivity contribution is 8.15. The van der Waals surface area contributed by atoms with Gasteiger partial charge < -0.3 is 42.5 Å². The fraction of sp³-hybridized carbons (Fsp3) is 0.492. The molecule has 15 heterocycles. The lowest BCUT2D eigenvalue weighted by molar-refractivity contribution is -0.154. The Morgan fingerprint density at radius 2 is 0.702 bits per heavy atom. The fourth-order valence-electron chi connectivity index (χ4n) is 17.5. The van der Waals surface area contributed by atoms with Gasteiger partial charge in [-0.05, 0) is 76.4 Å². The number of barbiturate groups is 3. The lowest BCUT2D eigenvalue weighted by atomic mass is 9.66. The summed E-state index contributed by atoms with van der Waals surface area (Å²) in [6.45, 7) is 16.2. The maximum absolute atomic E-state index is 16.1. The van der Waals surface area contributed by atoms with Gasteiger partial charge in [0, 0.05) is 74.8 Å². The van der Waals surface area contributed by atoms with Crippen LogP contribution in [0.15, 0.2) is 31.8 Å². The molecule has 9 saturated heterocycles. The zero-order valence-electron chi connectivity index (χ0n) is 56.4. The number of anilines is 6. The minimum Gasteiger partial charge on any atom is -0.372 e. The van der Waals surface area contributed by atoms with Gasteiger partial charge in [0.1, 0.15) is 0 Å². The van der Waals surface area contributed by atoms with E-state index in [1.54, 1.807) is 53.7 Å². The summed E-state index contributed by atoms with van der Waals surface area (Å²) in [5.41, 5.74) is -3.76. The van der Waals surface area contributed by atoms with Crippen molar-refractivity contribution in [3.63, 3.8) is 0 Å². The number of urea groups is 3. The van der Waals surface area contributed by atoms with E-state index < -0.39 is 124 Å². The molecule has 0 saturated carbocycles. The number of thioether (sulfide) groups is 3. The summed E-state index contributed by atoms with van der Waals surface area (Å²) < 4.78 is 82.1. The molecule has 3 aromatic heterocycles. The Kier molecular flexibility index (Phi) is 16.2. The minimum absolute atomic E-state index is 0.0317. The van der Waals surface area contributed by atoms with Crippen molar-refractivity contribution in [1.82, 2.24) is 47.4 Å². The topological polar surface area (TPSA) is 402 Å². The Hall–Kier alpha value is -9.57. The monoisotopic (exact) mass is 1500 g/mol. The normalized spacial score (nSPS) is 29.4. The van der Waals surface area contributed by atoms with Gasteiger partial charge in [0.25, 0.3) is 15.7 Å². The number of benzene rings is 3. The first kappa shape index (κ1) is 68.8. The number of imide groups is 6. The maximum Gasteiger partial charge on any atom is 0.328 e. The van der Waals surface area contributed by atoms with Crippen LogP contribution in [0.3, 0.4) is 0 Å². The average molecular weight is 1500 g/mol. The highest BCUT2D eigenvalue weighted by atomic mass is 32.2. The van der Waals surface area contributed by atoms with E-state index >= 15 is 13.2 Å². The molecule has 0 unspecified atom stereocenters. The molecule has 9 fully saturated rings. The Morgan fingerprint density at radius 1 is 0.413 bits per heavy atom. The van der Waals surface area contributed by atoms with Crippen LogP contribution in [0, 0.1) is 33.7 Å². The van der Waals surface area contributed by atoms with Gasteiger partial charge in [-0.25, -0.2) is 27.6 Å². The fourth-order valence-corrected chi connectivity index (χ4v) is 20.0. The van der Waals surface area contributed by atoms with E-state index in [0.717, 1.165) is 35.3 Å². The second kappa shape index (κ2) is 24.5. The molecule has 33 nitrogen and oxygen atoms in total. The quantitative estimate of drug-likeness (QED) is 0.121. The molecule has 3 aromatic carbocycles. The zero-order valence-corrected chi connectivity index (χ0v) is 58.8. The largest absolute Gasteiger partial charge is 0.372 e. The molecule has 0 bridgehead atoms. The van der Waals surface area contributed by atoms with Gasteiger partial charge in [0.15, 0.2) is 51.2 Å². The molecular formula is C65H64F3N15O18S3. The molecule has 18 rings (SSSR count). The summed E-state index contributed by atoms with van der Waals surface area (Å²) in [7, 11) is 0. The Labute approximate surface area is 597 Å². The molecule has 12 aliphatic heterocycles. The van der Waals surface area contributed by atoms with Crippen LogP contribution in [0.1, 0.15) is 72.1 Å². The molecule has 15 amide bonds. The number of rotatable bonds is 3. The van der Waals surface area contributed by atoms with Crippen LogP contribution >= 0.6 is 35.3 Å². The maximum atomic E-state index is 16.1. The first-order valence-electron chi connectivity index (χ1n) is 33.4. The molecular weight excluding hydrogens is 1430 g/mol. The number of nitrogens with zero attached hydrogens (tertiary/aromatic N) is 9. The van der Waals surface area contributed by atoms with Crippen molar-refractivity contribution < 1.29 is 98.5 Å². The number of morpholine rings is 3. The van der Waals surface area contributed by atoms with Crippen molar-refractivity contribution in [2.75, 3.05) is 74.4 Å². The number of aromatic nitrogens is 3. The third kappa shape index (κ3) is 10.1. The predicted molar refractivity (Wildman–Crippen MR) is 364 cm³/mol. The number of fused-ring (bicyclic) bond motifs is 15. The third-order valence-electron chi connectivity index (χ3n) is 21.3. The van der Waals surface area contributed by atoms with Crippen LogP contribution in [0.4, 0.5) is 76.5 Å². The highest BCUT2D eigenvalue weighted by Crippen LogP contribution is 2.55. The predicted octanol–water partition coefficient (Wildman–Crippen LogP) is 5.37. The molecule has 3 spiro atoms. The smallest absolute Gasteiger partial charge is 0.328 e. The zero-order chi connectivity index (χ0) is 73.6. The molecule has 6 aromatic rings. The van der Waals surface area contributed by atoms with Crippen LogP contribution in [-0.2, 0) is 62.2 Å². The molecule has 6 N–H and O–H groups in total. The number of carbonyl (C=O) groups is 12. The number of amides is 15. The van der Waals surface area contributed by atoms with Crippen LogP contribution in [0.5, 0.6) is 0 Å². The summed E-state index contributed by atoms with van der Waals surface area (Å²) in [5, 5.41) is 25.4. The lowest BCUT2D eigenvalue weighted by Gasteiger charge is -2.55. The second-order valence-electron chi connectivity index (χ2n) is 28.0. The summed E-state index contributed by atoms with van der Waals surface area (Å²) >= 11 is 3.44. The van der Waals surface area contributed by atoms with Crippen molar-refractivity contribution in [3.8, 4) is 0 Å². The average Bonchev–Trinajstić information content (AvgIpc) is 0.900. The lowest BCUT2D eigenvalue weighted by Crippen LogP contribution is -2.75. The van der Waals surface area contributed by atoms with E-state index in [1.807, 2.05) is 34.6 Å². The van der Waals surface area contributed by atoms with Gasteiger partial charge in [-0.2, -0.15) is 0 Å². The molecule has 0 aliphatic carbocycles. The van der Waals surface area contributed by atoms with Gasteiger partial charge in [0.2, 0.25) is 52.2 Å². The van der Waals surface area contributed by atoms with Crippen LogP contribution in [-0.4, -0.2) is 195 Å². The van der Waals surface area contributed by atoms with Gasteiger partial charge in [-0.1, -0.05) is 64.6 Å². The summed E-state index contributed by atoms with van der Waals surface area (Å²) in [6.07, 6.45) is -3.35. The van der Waals surface area contributed by atoms with Crippen molar-refractivity contribution in [2.45, 2.75) is 140 Å². The van der Waals surface area contributed by atoms with Crippen molar-refractivity contribution in [1.29, 1.82) is 0 Å². The van der Waals surface area contributed by atoms with Gasteiger partial charge >= 0.3 is 18.1 Å². The number of nitrogens with one attached hydrogen (secondary N) is 6. The van der Waals surface area contributed by atoms with Crippen LogP contribution in [0.2, 0.25) is 0 Å². The molecule has 11 atom stereocenters. The van der Waals surface area contributed by atoms with Crippen LogP contribution in [0.25, 0.3) is 32.9 Å². The number of hydrogen-bond donors (Lipinski definition) is 6. The van der Waals surface area contributed by atoms with Crippen LogP contribution < -0.4 is 61.3 Å². The number of carbonyl (C=O) groups excluding carboxylic acids is 12. The first-order valence-corrected chi connectivity index (χ1v) is 36.2. The highest BCUT2D eigenvalue weighted by Gasteiger charge is 2.67.